The molecule has 1 aromatic rings. The quantitative estimate of drug-likeness (QED) is 0.524. The summed E-state index contributed by atoms with van der Waals surface area (Å²) >= 11 is 7.23. The molecule has 0 aromatic carbocycles. The van der Waals surface area contributed by atoms with Crippen molar-refractivity contribution in [1.29, 1.82) is 0 Å². The van der Waals surface area contributed by atoms with Gasteiger partial charge in [0.05, 0.1) is 13.6 Å². The molecule has 0 fully saturated rings. The van der Waals surface area contributed by atoms with Gasteiger partial charge in [0.1, 0.15) is 12.4 Å². The number of halogens is 4. The van der Waals surface area contributed by atoms with Gasteiger partial charge >= 0.3 is 57.3 Å². The molecule has 7 heteroatoms. The summed E-state index contributed by atoms with van der Waals surface area (Å²) in [5.74, 6) is 0. The van der Waals surface area contributed by atoms with Crippen molar-refractivity contribution in [2.45, 2.75) is 13.5 Å². The van der Waals surface area contributed by atoms with Crippen LogP contribution in [0, 0.1) is 0 Å². The molecular weight excluding hydrogens is 490 g/mol. The van der Waals surface area contributed by atoms with Crippen LogP contribution in [-0.2, 0) is 13.6 Å². The molecule has 13 heavy (non-hydrogen) atoms. The summed E-state index contributed by atoms with van der Waals surface area (Å²) in [6.07, 6.45) is 6.14. The van der Waals surface area contributed by atoms with Crippen molar-refractivity contribution in [1.82, 2.24) is 4.57 Å². The van der Waals surface area contributed by atoms with Gasteiger partial charge in [-0.1, -0.05) is 0 Å². The van der Waals surface area contributed by atoms with E-state index >= 15 is 0 Å². The van der Waals surface area contributed by atoms with Gasteiger partial charge in [0.15, 0.2) is 0 Å². The second kappa shape index (κ2) is 7.14. The number of nitrogens with zero attached hydrogens (tertiary/aromatic N) is 2. The molecule has 0 unspecified atom stereocenters. The molecular formula is C6H11Br3ClInN2. The molecule has 0 aliphatic carbocycles. The molecule has 0 saturated carbocycles. The van der Waals surface area contributed by atoms with Gasteiger partial charge in [0.2, 0.25) is 6.33 Å². The fourth-order valence-electron chi connectivity index (χ4n) is 0.689. The number of rotatable bonds is 1. The van der Waals surface area contributed by atoms with E-state index in [1.807, 2.05) is 17.8 Å². The molecule has 76 valence electrons. The Morgan fingerprint density at radius 2 is 1.92 bits per heavy atom. The van der Waals surface area contributed by atoms with Gasteiger partial charge in [0.25, 0.3) is 0 Å². The van der Waals surface area contributed by atoms with Gasteiger partial charge in [-0.3, -0.25) is 0 Å². The number of hydrogen-bond donors (Lipinski definition) is 0. The number of aryl methyl sites for hydroxylation is 2. The summed E-state index contributed by atoms with van der Waals surface area (Å²) in [5.41, 5.74) is 0. The summed E-state index contributed by atoms with van der Waals surface area (Å²) < 4.78 is 4.16. The zero-order chi connectivity index (χ0) is 10.5. The molecule has 0 aliphatic rings. The Labute approximate surface area is 104 Å². The van der Waals surface area contributed by atoms with Crippen molar-refractivity contribution < 1.29 is 4.57 Å². The zero-order valence-electron chi connectivity index (χ0n) is 7.42. The van der Waals surface area contributed by atoms with Crippen LogP contribution in [0.4, 0.5) is 0 Å². The van der Waals surface area contributed by atoms with Gasteiger partial charge in [-0.25, -0.2) is 9.13 Å². The van der Waals surface area contributed by atoms with E-state index < -0.39 is 11.8 Å². The monoisotopic (exact) mass is 498 g/mol. The van der Waals surface area contributed by atoms with Crippen LogP contribution in [0.1, 0.15) is 6.92 Å². The third-order valence-corrected chi connectivity index (χ3v) is 1.19. The maximum absolute atomic E-state index is 5.50. The van der Waals surface area contributed by atoms with E-state index in [0.717, 1.165) is 6.54 Å². The molecule has 1 aromatic heterocycles. The molecule has 2 nitrogen and oxygen atoms in total. The first-order valence-electron chi connectivity index (χ1n) is 3.71. The van der Waals surface area contributed by atoms with E-state index in [2.05, 4.69) is 60.9 Å². The average Bonchev–Trinajstić information content (AvgIpc) is 2.31. The summed E-state index contributed by atoms with van der Waals surface area (Å²) in [5, 5.41) is 0. The van der Waals surface area contributed by atoms with Crippen LogP contribution in [0.15, 0.2) is 18.7 Å². The molecule has 0 bridgehead atoms. The minimum absolute atomic E-state index is 1.06. The summed E-state index contributed by atoms with van der Waals surface area (Å²) in [7, 11) is 7.52. The van der Waals surface area contributed by atoms with Crippen molar-refractivity contribution >= 4 is 57.3 Å². The fraction of sp³-hybridized carbons (Fsp3) is 0.500. The van der Waals surface area contributed by atoms with E-state index in [0.29, 0.717) is 0 Å². The summed E-state index contributed by atoms with van der Waals surface area (Å²) in [6.45, 7) is 3.18. The third-order valence-electron chi connectivity index (χ3n) is 1.19. The van der Waals surface area contributed by atoms with Crippen LogP contribution in [0.5, 0.6) is 0 Å². The van der Waals surface area contributed by atoms with E-state index in [1.54, 1.807) is 0 Å². The Kier molecular flexibility index (Phi) is 8.14. The van der Waals surface area contributed by atoms with Gasteiger partial charge in [-0.2, -0.15) is 0 Å². The van der Waals surface area contributed by atoms with E-state index in [9.17, 15) is 0 Å². The normalized spacial score (nSPS) is 10.6. The molecule has 0 amide bonds. The fourth-order valence-corrected chi connectivity index (χ4v) is 0.689. The van der Waals surface area contributed by atoms with Crippen molar-refractivity contribution in [3.05, 3.63) is 18.7 Å². The molecule has 0 radical (unpaired) electrons. The first-order chi connectivity index (χ1) is 5.83. The van der Waals surface area contributed by atoms with Crippen molar-refractivity contribution in [3.63, 3.8) is 0 Å². The third kappa shape index (κ3) is 11.7. The van der Waals surface area contributed by atoms with Gasteiger partial charge < -0.3 is 0 Å². The predicted molar refractivity (Wildman–Crippen MR) is 69.7 cm³/mol. The van der Waals surface area contributed by atoms with E-state index in [-0.39, 0.29) is 0 Å². The van der Waals surface area contributed by atoms with Crippen LogP contribution in [0.25, 0.3) is 0 Å². The first kappa shape index (κ1) is 14.8. The number of hydrogen-bond acceptors (Lipinski definition) is 0. The molecule has 0 atom stereocenters. The predicted octanol–water partition coefficient (Wildman–Crippen LogP) is 3.18. The van der Waals surface area contributed by atoms with Gasteiger partial charge in [-0.15, -0.1) is 0 Å². The molecule has 0 spiro atoms. The maximum atomic E-state index is 5.50. The van der Waals surface area contributed by atoms with Crippen LogP contribution < -0.4 is 4.57 Å². The van der Waals surface area contributed by atoms with Crippen LogP contribution in [-0.4, -0.2) is 16.4 Å². The molecule has 1 rings (SSSR count). The van der Waals surface area contributed by atoms with Crippen LogP contribution >= 0.6 is 45.5 Å². The van der Waals surface area contributed by atoms with Crippen molar-refractivity contribution in [2.75, 3.05) is 0 Å². The molecule has 0 N–H and O–H groups in total. The summed E-state index contributed by atoms with van der Waals surface area (Å²) in [4.78, 5) is 0. The van der Waals surface area contributed by atoms with Gasteiger partial charge in [-0.05, 0) is 6.92 Å². The second-order valence-electron chi connectivity index (χ2n) is 2.40. The Morgan fingerprint density at radius 1 is 1.46 bits per heavy atom. The van der Waals surface area contributed by atoms with E-state index in [1.165, 1.54) is 0 Å². The number of imidazole rings is 1. The SMILES string of the molecule is CCn1cc[n+](C)c1.[Cl][In-]([Br])([Br])[Br]. The Morgan fingerprint density at radius 3 is 2.08 bits per heavy atom. The van der Waals surface area contributed by atoms with Crippen LogP contribution in [0.2, 0.25) is 0 Å². The van der Waals surface area contributed by atoms with Crippen molar-refractivity contribution in [3.8, 4) is 0 Å². The Bertz CT molecular complexity index is 242. The zero-order valence-corrected chi connectivity index (χ0v) is 16.2. The van der Waals surface area contributed by atoms with Crippen LogP contribution in [0.3, 0.4) is 0 Å². The molecule has 0 aliphatic heterocycles. The van der Waals surface area contributed by atoms with Crippen molar-refractivity contribution in [2.24, 2.45) is 7.05 Å². The van der Waals surface area contributed by atoms with Gasteiger partial charge in [0, 0.05) is 0 Å². The van der Waals surface area contributed by atoms with E-state index in [4.69, 9.17) is 8.58 Å². The molecule has 0 saturated heterocycles. The molecule has 1 heterocycles. The Hall–Kier alpha value is 1.81. The Balaban J connectivity index is 0.000000252. The second-order valence-corrected chi connectivity index (χ2v) is 72.6. The average molecular weight is 501 g/mol. The summed E-state index contributed by atoms with van der Waals surface area (Å²) in [6, 6.07) is 0. The standard InChI is InChI=1S/C6H11N2.3BrH.ClH.In/c1-3-8-5-4-7(2)6-8;;;;;/h4-6H,3H2,1-2H3;4*1H;/q+1;;;;;+3/p-4. The minimum atomic E-state index is -2.35. The topological polar surface area (TPSA) is 8.81 Å². The first-order valence-corrected chi connectivity index (χ1v) is 30.0. The number of aromatic nitrogens is 2.